The number of nitrogens with one attached hydrogen (secondary N) is 2. The van der Waals surface area contributed by atoms with Gasteiger partial charge in [0.1, 0.15) is 21.8 Å². The number of halogens is 1. The molecule has 1 amide bonds. The molecule has 0 radical (unpaired) electrons. The summed E-state index contributed by atoms with van der Waals surface area (Å²) in [6.07, 6.45) is 2.35. The summed E-state index contributed by atoms with van der Waals surface area (Å²) in [5.41, 5.74) is 2.58. The number of hydrogen-bond acceptors (Lipinski definition) is 8. The van der Waals surface area contributed by atoms with Crippen molar-refractivity contribution < 1.29 is 31.6 Å². The maximum Gasteiger partial charge on any atom is 0.266 e. The number of aromatic nitrogens is 3. The Kier molecular flexibility index (Phi) is 7.86. The zero-order valence-corrected chi connectivity index (χ0v) is 22.1. The van der Waals surface area contributed by atoms with Crippen LogP contribution >= 0.6 is 0 Å². The van der Waals surface area contributed by atoms with E-state index >= 15 is 0 Å². The summed E-state index contributed by atoms with van der Waals surface area (Å²) in [6.45, 7) is 3.56. The minimum Gasteiger partial charge on any atom is -0.496 e. The van der Waals surface area contributed by atoms with Crippen LogP contribution in [0.2, 0.25) is 0 Å². The Labute approximate surface area is 218 Å². The maximum absolute atomic E-state index is 13.3. The van der Waals surface area contributed by atoms with Crippen molar-refractivity contribution >= 4 is 32.7 Å². The number of carbonyl (C=O) groups excluding carboxylic acids is 1. The molecule has 2 heterocycles. The number of alkyl halides is 1. The topological polar surface area (TPSA) is 138 Å². The van der Waals surface area contributed by atoms with Gasteiger partial charge in [0.05, 0.1) is 27.0 Å². The highest BCUT2D eigenvalue weighted by Crippen LogP contribution is 2.36. The van der Waals surface area contributed by atoms with Crippen LogP contribution in [0.4, 0.5) is 10.2 Å². The predicted molar refractivity (Wildman–Crippen MR) is 137 cm³/mol. The van der Waals surface area contributed by atoms with Crippen LogP contribution in [0.1, 0.15) is 30.5 Å². The van der Waals surface area contributed by atoms with Gasteiger partial charge in [-0.25, -0.2) is 12.8 Å². The second-order valence-corrected chi connectivity index (χ2v) is 10.2. The zero-order valence-electron chi connectivity index (χ0n) is 21.3. The van der Waals surface area contributed by atoms with E-state index in [1.165, 1.54) is 21.1 Å². The van der Waals surface area contributed by atoms with Crippen LogP contribution in [0.25, 0.3) is 11.0 Å². The smallest absolute Gasteiger partial charge is 0.266 e. The zero-order chi connectivity index (χ0) is 27.4. The minimum atomic E-state index is -4.07. The largest absolute Gasteiger partial charge is 0.496 e. The molecular formula is C25H28FN5O6S. The van der Waals surface area contributed by atoms with Crippen LogP contribution in [0.5, 0.6) is 11.5 Å². The number of carbonyl (C=O) groups is 1. The van der Waals surface area contributed by atoms with E-state index in [1.807, 2.05) is 6.92 Å². The van der Waals surface area contributed by atoms with Gasteiger partial charge >= 0.3 is 0 Å². The molecule has 2 aromatic carbocycles. The first-order valence-corrected chi connectivity index (χ1v) is 13.2. The SMILES string of the molecule is CCc1ccc(OC)c(S(=O)(=O)Nc2noc3cc(Cn4cc(CNC(=O)[C@@H](C)F)cn4)cc(OC)c23)c1. The first-order valence-electron chi connectivity index (χ1n) is 11.7. The molecule has 0 aliphatic heterocycles. The van der Waals surface area contributed by atoms with Gasteiger partial charge in [0.15, 0.2) is 17.6 Å². The van der Waals surface area contributed by atoms with E-state index in [0.29, 0.717) is 35.2 Å². The summed E-state index contributed by atoms with van der Waals surface area (Å²) < 4.78 is 59.9. The van der Waals surface area contributed by atoms with E-state index < -0.39 is 22.1 Å². The summed E-state index contributed by atoms with van der Waals surface area (Å²) in [5, 5.41) is 11.1. The molecule has 1 atom stereocenters. The molecule has 0 bridgehead atoms. The van der Waals surface area contributed by atoms with Gasteiger partial charge in [0, 0.05) is 18.3 Å². The van der Waals surface area contributed by atoms with Gasteiger partial charge in [-0.1, -0.05) is 18.1 Å². The Morgan fingerprint density at radius 3 is 2.58 bits per heavy atom. The molecular weight excluding hydrogens is 517 g/mol. The summed E-state index contributed by atoms with van der Waals surface area (Å²) in [5.74, 6) is -0.163. The van der Waals surface area contributed by atoms with Gasteiger partial charge in [0.2, 0.25) is 0 Å². The number of nitrogens with zero attached hydrogens (tertiary/aromatic N) is 3. The Hall–Kier alpha value is -4.13. The average molecular weight is 546 g/mol. The van der Waals surface area contributed by atoms with Crippen LogP contribution < -0.4 is 19.5 Å². The monoisotopic (exact) mass is 545 g/mol. The lowest BCUT2D eigenvalue weighted by Crippen LogP contribution is -2.29. The molecule has 0 spiro atoms. The van der Waals surface area contributed by atoms with Gasteiger partial charge in [-0.05, 0) is 48.7 Å². The van der Waals surface area contributed by atoms with Gasteiger partial charge < -0.3 is 19.3 Å². The first-order chi connectivity index (χ1) is 18.1. The van der Waals surface area contributed by atoms with Crippen LogP contribution in [0.15, 0.2) is 52.1 Å². The highest BCUT2D eigenvalue weighted by atomic mass is 32.2. The Bertz CT molecular complexity index is 1560. The number of ether oxygens (including phenoxy) is 2. The lowest BCUT2D eigenvalue weighted by Gasteiger charge is -2.12. The number of methoxy groups -OCH3 is 2. The molecule has 2 aromatic heterocycles. The average Bonchev–Trinajstić information content (AvgIpc) is 3.52. The van der Waals surface area contributed by atoms with Crippen LogP contribution in [-0.4, -0.2) is 49.7 Å². The van der Waals surface area contributed by atoms with Gasteiger partial charge in [-0.3, -0.25) is 14.2 Å². The van der Waals surface area contributed by atoms with Crippen LogP contribution in [0.3, 0.4) is 0 Å². The predicted octanol–water partition coefficient (Wildman–Crippen LogP) is 3.43. The summed E-state index contributed by atoms with van der Waals surface area (Å²) in [6, 6.07) is 8.40. The number of rotatable bonds is 11. The fourth-order valence-corrected chi connectivity index (χ4v) is 5.07. The molecule has 4 aromatic rings. The van der Waals surface area contributed by atoms with Crippen molar-refractivity contribution in [2.45, 2.75) is 44.4 Å². The number of hydrogen-bond donors (Lipinski definition) is 2. The second-order valence-electron chi connectivity index (χ2n) is 8.53. The molecule has 38 heavy (non-hydrogen) atoms. The number of amides is 1. The molecule has 0 aliphatic rings. The van der Waals surface area contributed by atoms with Crippen molar-refractivity contribution in [3.63, 3.8) is 0 Å². The fourth-order valence-electron chi connectivity index (χ4n) is 3.85. The third-order valence-electron chi connectivity index (χ3n) is 5.83. The minimum absolute atomic E-state index is 0.0160. The molecule has 11 nitrogen and oxygen atoms in total. The van der Waals surface area contributed by atoms with E-state index in [4.69, 9.17) is 14.0 Å². The van der Waals surface area contributed by atoms with Crippen LogP contribution in [0, 0.1) is 0 Å². The van der Waals surface area contributed by atoms with E-state index in [1.54, 1.807) is 47.4 Å². The Morgan fingerprint density at radius 2 is 1.89 bits per heavy atom. The van der Waals surface area contributed by atoms with Crippen molar-refractivity contribution in [2.75, 3.05) is 18.9 Å². The van der Waals surface area contributed by atoms with E-state index in [2.05, 4.69) is 20.3 Å². The highest BCUT2D eigenvalue weighted by Gasteiger charge is 2.25. The molecule has 2 N–H and O–H groups in total. The molecule has 13 heteroatoms. The lowest BCUT2D eigenvalue weighted by molar-refractivity contribution is -0.125. The molecule has 0 saturated heterocycles. The fraction of sp³-hybridized carbons (Fsp3) is 0.320. The third kappa shape index (κ3) is 5.72. The molecule has 0 aliphatic carbocycles. The van der Waals surface area contributed by atoms with Gasteiger partial charge in [-0.15, -0.1) is 0 Å². The highest BCUT2D eigenvalue weighted by molar-refractivity contribution is 7.92. The summed E-state index contributed by atoms with van der Waals surface area (Å²) >= 11 is 0. The van der Waals surface area contributed by atoms with Crippen LogP contribution in [-0.2, 0) is 34.3 Å². The van der Waals surface area contributed by atoms with Gasteiger partial charge in [-0.2, -0.15) is 5.10 Å². The van der Waals surface area contributed by atoms with Crippen molar-refractivity contribution in [1.82, 2.24) is 20.3 Å². The number of fused-ring (bicyclic) bond motifs is 1. The number of anilines is 1. The van der Waals surface area contributed by atoms with Crippen molar-refractivity contribution in [2.24, 2.45) is 0 Å². The number of benzene rings is 2. The van der Waals surface area contributed by atoms with Crippen molar-refractivity contribution in [3.05, 3.63) is 59.4 Å². The molecule has 0 fully saturated rings. The van der Waals surface area contributed by atoms with Gasteiger partial charge in [0.25, 0.3) is 15.9 Å². The Balaban J connectivity index is 1.58. The third-order valence-corrected chi connectivity index (χ3v) is 7.19. The second kappa shape index (κ2) is 11.1. The molecule has 0 unspecified atom stereocenters. The number of aryl methyl sites for hydroxylation is 1. The molecule has 202 valence electrons. The first kappa shape index (κ1) is 26.9. The standard InChI is InChI=1S/C25H28FN5O6S/c1-5-16-6-7-19(35-3)22(10-16)38(33,34)30-24-23-20(36-4)8-17(9-21(23)37-29-24)13-31-14-18(12-28-31)11-27-25(32)15(2)26/h6-10,12,14-15H,5,11,13H2,1-4H3,(H,27,32)(H,29,30)/t15-/m1/s1. The lowest BCUT2D eigenvalue weighted by atomic mass is 10.1. The molecule has 4 rings (SSSR count). The Morgan fingerprint density at radius 1 is 1.13 bits per heavy atom. The quantitative estimate of drug-likeness (QED) is 0.292. The molecule has 0 saturated carbocycles. The number of sulfonamides is 1. The summed E-state index contributed by atoms with van der Waals surface area (Å²) in [4.78, 5) is 11.4. The van der Waals surface area contributed by atoms with E-state index in [-0.39, 0.29) is 23.0 Å². The van der Waals surface area contributed by atoms with E-state index in [0.717, 1.165) is 11.1 Å². The maximum atomic E-state index is 13.3. The van der Waals surface area contributed by atoms with Crippen molar-refractivity contribution in [1.29, 1.82) is 0 Å². The summed E-state index contributed by atoms with van der Waals surface area (Å²) in [7, 11) is -1.21. The van der Waals surface area contributed by atoms with Crippen molar-refractivity contribution in [3.8, 4) is 11.5 Å². The van der Waals surface area contributed by atoms with E-state index in [9.17, 15) is 17.6 Å². The normalized spacial score (nSPS) is 12.3.